The third-order valence-corrected chi connectivity index (χ3v) is 3.40. The second-order valence-electron chi connectivity index (χ2n) is 4.58. The van der Waals surface area contributed by atoms with Crippen LogP contribution in [0.2, 0.25) is 0 Å². The number of rotatable bonds is 3. The number of nitrogens with one attached hydrogen (secondary N) is 1. The van der Waals surface area contributed by atoms with Crippen LogP contribution < -0.4 is 5.32 Å². The van der Waals surface area contributed by atoms with E-state index in [1.807, 2.05) is 6.07 Å². The zero-order valence-corrected chi connectivity index (χ0v) is 10.0. The Morgan fingerprint density at radius 1 is 1.44 bits per heavy atom. The van der Waals surface area contributed by atoms with Crippen LogP contribution in [0.1, 0.15) is 37.7 Å². The molecule has 1 aliphatic carbocycles. The molecule has 0 spiro atoms. The van der Waals surface area contributed by atoms with Crippen LogP contribution in [0.25, 0.3) is 0 Å². The van der Waals surface area contributed by atoms with Crippen LogP contribution in [0.3, 0.4) is 0 Å². The molecule has 0 radical (unpaired) electrons. The Bertz CT molecular complexity index is 487. The van der Waals surface area contributed by atoms with Crippen LogP contribution in [-0.2, 0) is 4.79 Å². The largest absolute Gasteiger partial charge is 0.480 e. The van der Waals surface area contributed by atoms with E-state index in [-0.39, 0.29) is 0 Å². The molecule has 18 heavy (non-hydrogen) atoms. The first kappa shape index (κ1) is 12.4. The van der Waals surface area contributed by atoms with E-state index in [0.29, 0.717) is 24.2 Å². The van der Waals surface area contributed by atoms with Gasteiger partial charge >= 0.3 is 5.97 Å². The van der Waals surface area contributed by atoms with Gasteiger partial charge in [-0.05, 0) is 25.0 Å². The molecule has 0 unspecified atom stereocenters. The lowest BCUT2D eigenvalue weighted by molar-refractivity contribution is -0.143. The van der Waals surface area contributed by atoms with Gasteiger partial charge in [-0.2, -0.15) is 5.26 Å². The van der Waals surface area contributed by atoms with E-state index in [4.69, 9.17) is 5.26 Å². The van der Waals surface area contributed by atoms with Crippen molar-refractivity contribution in [2.75, 3.05) is 5.32 Å². The van der Waals surface area contributed by atoms with Crippen molar-refractivity contribution < 1.29 is 9.90 Å². The summed E-state index contributed by atoms with van der Waals surface area (Å²) in [5.41, 5.74) is -0.596. The minimum atomic E-state index is -0.974. The maximum atomic E-state index is 11.5. The van der Waals surface area contributed by atoms with Gasteiger partial charge in [-0.15, -0.1) is 0 Å². The summed E-state index contributed by atoms with van der Waals surface area (Å²) in [6.07, 6.45) is 5.53. The molecular formula is C13H15N3O2. The molecule has 0 bridgehead atoms. The standard InChI is InChI=1S/C13H15N3O2/c14-9-10-5-4-8-15-11(10)16-13(12(17)18)6-2-1-3-7-13/h4-5,8H,1-3,6-7H2,(H,15,16)(H,17,18). The predicted molar refractivity (Wildman–Crippen MR) is 66.0 cm³/mol. The SMILES string of the molecule is N#Cc1cccnc1NC1(C(=O)O)CCCCC1. The van der Waals surface area contributed by atoms with Gasteiger partial charge in [0.2, 0.25) is 0 Å². The Morgan fingerprint density at radius 2 is 2.17 bits per heavy atom. The first-order valence-electron chi connectivity index (χ1n) is 6.05. The second kappa shape index (κ2) is 5.05. The lowest BCUT2D eigenvalue weighted by atomic mass is 9.81. The molecule has 1 saturated carbocycles. The summed E-state index contributed by atoms with van der Waals surface area (Å²) in [5.74, 6) is -0.499. The number of hydrogen-bond acceptors (Lipinski definition) is 4. The van der Waals surface area contributed by atoms with Gasteiger partial charge in [0.25, 0.3) is 0 Å². The summed E-state index contributed by atoms with van der Waals surface area (Å²) in [4.78, 5) is 15.6. The smallest absolute Gasteiger partial charge is 0.329 e. The van der Waals surface area contributed by atoms with E-state index < -0.39 is 11.5 Å². The Morgan fingerprint density at radius 3 is 2.78 bits per heavy atom. The van der Waals surface area contributed by atoms with E-state index in [1.54, 1.807) is 18.3 Å². The number of carbonyl (C=O) groups is 1. The fourth-order valence-electron chi connectivity index (χ4n) is 2.37. The van der Waals surface area contributed by atoms with Crippen molar-refractivity contribution in [1.82, 2.24) is 4.98 Å². The minimum absolute atomic E-state index is 0.365. The molecule has 0 aromatic carbocycles. The highest BCUT2D eigenvalue weighted by atomic mass is 16.4. The Labute approximate surface area is 105 Å². The number of carboxylic acids is 1. The lowest BCUT2D eigenvalue weighted by Crippen LogP contribution is -2.48. The number of aliphatic carboxylic acids is 1. The number of pyridine rings is 1. The number of nitriles is 1. The van der Waals surface area contributed by atoms with E-state index >= 15 is 0 Å². The van der Waals surface area contributed by atoms with E-state index in [2.05, 4.69) is 10.3 Å². The number of nitrogens with zero attached hydrogens (tertiary/aromatic N) is 2. The van der Waals surface area contributed by atoms with Crippen molar-refractivity contribution >= 4 is 11.8 Å². The summed E-state index contributed by atoms with van der Waals surface area (Å²) < 4.78 is 0. The molecule has 1 aliphatic rings. The van der Waals surface area contributed by atoms with Gasteiger partial charge in [0.1, 0.15) is 17.4 Å². The third-order valence-electron chi connectivity index (χ3n) is 3.40. The van der Waals surface area contributed by atoms with Gasteiger partial charge in [-0.3, -0.25) is 0 Å². The molecule has 5 nitrogen and oxygen atoms in total. The van der Waals surface area contributed by atoms with Crippen LogP contribution in [0.4, 0.5) is 5.82 Å². The molecule has 1 aromatic rings. The molecule has 2 rings (SSSR count). The van der Waals surface area contributed by atoms with Crippen molar-refractivity contribution in [3.63, 3.8) is 0 Å². The van der Waals surface area contributed by atoms with Gasteiger partial charge in [0, 0.05) is 6.20 Å². The van der Waals surface area contributed by atoms with Crippen molar-refractivity contribution in [3.8, 4) is 6.07 Å². The number of anilines is 1. The molecule has 1 aromatic heterocycles. The van der Waals surface area contributed by atoms with Gasteiger partial charge in [0.15, 0.2) is 0 Å². The second-order valence-corrected chi connectivity index (χ2v) is 4.58. The lowest BCUT2D eigenvalue weighted by Gasteiger charge is -2.34. The Kier molecular flexibility index (Phi) is 3.47. The molecule has 1 fully saturated rings. The Balaban J connectivity index is 2.29. The van der Waals surface area contributed by atoms with Gasteiger partial charge in [-0.25, -0.2) is 9.78 Å². The minimum Gasteiger partial charge on any atom is -0.480 e. The van der Waals surface area contributed by atoms with Crippen molar-refractivity contribution in [3.05, 3.63) is 23.9 Å². The fourth-order valence-corrected chi connectivity index (χ4v) is 2.37. The van der Waals surface area contributed by atoms with Gasteiger partial charge in [-0.1, -0.05) is 19.3 Å². The van der Waals surface area contributed by atoms with Crippen LogP contribution >= 0.6 is 0 Å². The zero-order valence-electron chi connectivity index (χ0n) is 10.0. The number of hydrogen-bond donors (Lipinski definition) is 2. The normalized spacial score (nSPS) is 17.7. The first-order chi connectivity index (χ1) is 8.68. The topological polar surface area (TPSA) is 86.0 Å². The van der Waals surface area contributed by atoms with E-state index in [1.165, 1.54) is 0 Å². The highest BCUT2D eigenvalue weighted by Crippen LogP contribution is 2.32. The number of aromatic nitrogens is 1. The van der Waals surface area contributed by atoms with Crippen molar-refractivity contribution in [1.29, 1.82) is 5.26 Å². The van der Waals surface area contributed by atoms with E-state index in [9.17, 15) is 9.90 Å². The maximum absolute atomic E-state index is 11.5. The molecule has 2 N–H and O–H groups in total. The van der Waals surface area contributed by atoms with Crippen LogP contribution in [0.5, 0.6) is 0 Å². The highest BCUT2D eigenvalue weighted by molar-refractivity contribution is 5.83. The first-order valence-corrected chi connectivity index (χ1v) is 6.05. The predicted octanol–water partition coefficient (Wildman–Crippen LogP) is 2.15. The average Bonchev–Trinajstić information content (AvgIpc) is 2.40. The molecule has 1 heterocycles. The molecule has 94 valence electrons. The quantitative estimate of drug-likeness (QED) is 0.852. The Hall–Kier alpha value is -2.09. The molecule has 0 saturated heterocycles. The molecule has 0 aliphatic heterocycles. The van der Waals surface area contributed by atoms with Crippen molar-refractivity contribution in [2.24, 2.45) is 0 Å². The summed E-state index contributed by atoms with van der Waals surface area (Å²) in [5, 5.41) is 21.4. The monoisotopic (exact) mass is 245 g/mol. The van der Waals surface area contributed by atoms with Gasteiger partial charge in [0.05, 0.1) is 5.56 Å². The van der Waals surface area contributed by atoms with Crippen LogP contribution in [-0.4, -0.2) is 21.6 Å². The van der Waals surface area contributed by atoms with Gasteiger partial charge < -0.3 is 10.4 Å². The van der Waals surface area contributed by atoms with E-state index in [0.717, 1.165) is 19.3 Å². The fraction of sp³-hybridized carbons (Fsp3) is 0.462. The molecule has 5 heteroatoms. The summed E-state index contributed by atoms with van der Waals surface area (Å²) in [7, 11) is 0. The third kappa shape index (κ3) is 2.28. The molecule has 0 amide bonds. The van der Waals surface area contributed by atoms with Crippen molar-refractivity contribution in [2.45, 2.75) is 37.6 Å². The summed E-state index contributed by atoms with van der Waals surface area (Å²) in [6.45, 7) is 0. The maximum Gasteiger partial charge on any atom is 0.329 e. The summed E-state index contributed by atoms with van der Waals surface area (Å²) in [6, 6.07) is 5.32. The van der Waals surface area contributed by atoms with Crippen LogP contribution in [0, 0.1) is 11.3 Å². The summed E-state index contributed by atoms with van der Waals surface area (Å²) >= 11 is 0. The molecular weight excluding hydrogens is 230 g/mol. The van der Waals surface area contributed by atoms with Crippen LogP contribution in [0.15, 0.2) is 18.3 Å². The average molecular weight is 245 g/mol. The molecule has 0 atom stereocenters. The zero-order chi connectivity index (χ0) is 13.0. The number of carboxylic acid groups (broad SMARTS) is 1. The highest BCUT2D eigenvalue weighted by Gasteiger charge is 2.40.